The van der Waals surface area contributed by atoms with Crippen LogP contribution < -0.4 is 11.1 Å². The number of carbonyl (C=O) groups is 2. The molecule has 3 N–H and O–H groups in total. The Morgan fingerprint density at radius 3 is 2.52 bits per heavy atom. The molecule has 0 aliphatic heterocycles. The number of methoxy groups -OCH3 is 1. The molecule has 0 saturated carbocycles. The lowest BCUT2D eigenvalue weighted by atomic mass is 10.2. The molecule has 8 heteroatoms. The van der Waals surface area contributed by atoms with Crippen LogP contribution in [0.1, 0.15) is 33.9 Å². The third-order valence-corrected chi connectivity index (χ3v) is 3.67. The van der Waals surface area contributed by atoms with Gasteiger partial charge in [-0.3, -0.25) is 0 Å². The highest BCUT2D eigenvalue weighted by Gasteiger charge is 2.26. The first-order valence-corrected chi connectivity index (χ1v) is 7.37. The average Bonchev–Trinajstić information content (AvgIpc) is 2.80. The van der Waals surface area contributed by atoms with Gasteiger partial charge >= 0.3 is 11.9 Å². The van der Waals surface area contributed by atoms with Crippen LogP contribution in [-0.2, 0) is 14.2 Å². The molecule has 21 heavy (non-hydrogen) atoms. The Morgan fingerprint density at radius 1 is 1.24 bits per heavy atom. The molecule has 0 fully saturated rings. The van der Waals surface area contributed by atoms with E-state index in [4.69, 9.17) is 15.2 Å². The Morgan fingerprint density at radius 2 is 1.95 bits per heavy atom. The second-order valence-corrected chi connectivity index (χ2v) is 4.91. The van der Waals surface area contributed by atoms with Crippen LogP contribution in [0.4, 0.5) is 10.7 Å². The van der Waals surface area contributed by atoms with Gasteiger partial charge in [0, 0.05) is 13.2 Å². The predicted octanol–water partition coefficient (Wildman–Crippen LogP) is 1.74. The first-order valence-electron chi connectivity index (χ1n) is 6.56. The largest absolute Gasteiger partial charge is 0.465 e. The highest BCUT2D eigenvalue weighted by Crippen LogP contribution is 2.36. The van der Waals surface area contributed by atoms with Crippen molar-refractivity contribution in [2.75, 3.05) is 44.5 Å². The van der Waals surface area contributed by atoms with Crippen LogP contribution in [0.25, 0.3) is 0 Å². The minimum atomic E-state index is -0.582. The Balaban J connectivity index is 3.02. The number of carbonyl (C=O) groups excluding carboxylic acids is 2. The monoisotopic (exact) mass is 316 g/mol. The van der Waals surface area contributed by atoms with E-state index in [2.05, 4.69) is 10.1 Å². The lowest BCUT2D eigenvalue weighted by Crippen LogP contribution is -2.13. The van der Waals surface area contributed by atoms with Crippen molar-refractivity contribution in [3.8, 4) is 0 Å². The van der Waals surface area contributed by atoms with E-state index in [9.17, 15) is 9.59 Å². The van der Waals surface area contributed by atoms with Gasteiger partial charge in [-0.1, -0.05) is 0 Å². The fraction of sp³-hybridized carbons (Fsp3) is 0.538. The molecule has 0 atom stereocenters. The van der Waals surface area contributed by atoms with Gasteiger partial charge in [-0.05, 0) is 13.8 Å². The number of ether oxygens (including phenoxy) is 3. The van der Waals surface area contributed by atoms with Gasteiger partial charge in [0.05, 0.1) is 26.0 Å². The van der Waals surface area contributed by atoms with Crippen molar-refractivity contribution < 1.29 is 23.8 Å². The maximum Gasteiger partial charge on any atom is 0.350 e. The SMILES string of the molecule is CCOCCNc1sc(C(=O)OC)c(N)c1C(=O)OCC. The van der Waals surface area contributed by atoms with Gasteiger partial charge in [-0.15, -0.1) is 11.3 Å². The first kappa shape index (κ1) is 17.3. The number of rotatable bonds is 8. The van der Waals surface area contributed by atoms with E-state index >= 15 is 0 Å². The number of anilines is 2. The van der Waals surface area contributed by atoms with Gasteiger partial charge in [0.1, 0.15) is 15.4 Å². The van der Waals surface area contributed by atoms with E-state index < -0.39 is 11.9 Å². The molecule has 0 bridgehead atoms. The Bertz CT molecular complexity index is 501. The van der Waals surface area contributed by atoms with Crippen LogP contribution in [0.5, 0.6) is 0 Å². The molecule has 1 aromatic rings. The maximum absolute atomic E-state index is 12.0. The van der Waals surface area contributed by atoms with Crippen molar-refractivity contribution in [2.45, 2.75) is 13.8 Å². The third-order valence-electron chi connectivity index (χ3n) is 2.53. The van der Waals surface area contributed by atoms with E-state index in [0.29, 0.717) is 24.8 Å². The van der Waals surface area contributed by atoms with Gasteiger partial charge in [-0.2, -0.15) is 0 Å². The summed E-state index contributed by atoms with van der Waals surface area (Å²) in [6.45, 7) is 5.38. The second kappa shape index (κ2) is 8.48. The number of nitrogen functional groups attached to an aromatic ring is 1. The van der Waals surface area contributed by atoms with Crippen LogP contribution in [-0.4, -0.2) is 45.4 Å². The summed E-state index contributed by atoms with van der Waals surface area (Å²) in [7, 11) is 1.26. The van der Waals surface area contributed by atoms with Crippen LogP contribution >= 0.6 is 11.3 Å². The lowest BCUT2D eigenvalue weighted by Gasteiger charge is -2.07. The van der Waals surface area contributed by atoms with E-state index in [0.717, 1.165) is 11.3 Å². The molecule has 7 nitrogen and oxygen atoms in total. The number of hydrogen-bond donors (Lipinski definition) is 2. The van der Waals surface area contributed by atoms with E-state index in [1.165, 1.54) is 7.11 Å². The van der Waals surface area contributed by atoms with Crippen molar-refractivity contribution >= 4 is 34.0 Å². The van der Waals surface area contributed by atoms with Gasteiger partial charge in [0.25, 0.3) is 0 Å². The topological polar surface area (TPSA) is 99.9 Å². The summed E-state index contributed by atoms with van der Waals surface area (Å²) in [5, 5.41) is 3.51. The summed E-state index contributed by atoms with van der Waals surface area (Å²) in [5.41, 5.74) is 6.12. The number of esters is 2. The quantitative estimate of drug-likeness (QED) is 0.556. The van der Waals surface area contributed by atoms with Crippen molar-refractivity contribution in [3.05, 3.63) is 10.4 Å². The highest BCUT2D eigenvalue weighted by atomic mass is 32.1. The summed E-state index contributed by atoms with van der Waals surface area (Å²) < 4.78 is 14.8. The summed E-state index contributed by atoms with van der Waals surface area (Å²) in [4.78, 5) is 23.8. The Hall–Kier alpha value is -1.80. The average molecular weight is 316 g/mol. The molecular formula is C13H20N2O5S. The zero-order valence-corrected chi connectivity index (χ0v) is 13.2. The van der Waals surface area contributed by atoms with Crippen molar-refractivity contribution in [1.82, 2.24) is 0 Å². The van der Waals surface area contributed by atoms with Crippen LogP contribution in [0.3, 0.4) is 0 Å². The summed E-state index contributed by atoms with van der Waals surface area (Å²) in [5.74, 6) is -1.15. The van der Waals surface area contributed by atoms with Crippen LogP contribution in [0.15, 0.2) is 0 Å². The maximum atomic E-state index is 12.0. The fourth-order valence-electron chi connectivity index (χ4n) is 1.60. The van der Waals surface area contributed by atoms with E-state index in [-0.39, 0.29) is 22.7 Å². The second-order valence-electron chi connectivity index (χ2n) is 3.88. The Kier molecular flexibility index (Phi) is 6.97. The molecule has 1 aromatic heterocycles. The van der Waals surface area contributed by atoms with Crippen molar-refractivity contribution in [3.63, 3.8) is 0 Å². The van der Waals surface area contributed by atoms with Crippen molar-refractivity contribution in [2.24, 2.45) is 0 Å². The fourth-order valence-corrected chi connectivity index (χ4v) is 2.65. The number of thiophene rings is 1. The molecule has 0 aromatic carbocycles. The summed E-state index contributed by atoms with van der Waals surface area (Å²) in [6, 6.07) is 0. The molecule has 1 rings (SSSR count). The normalized spacial score (nSPS) is 10.2. The minimum absolute atomic E-state index is 0.0733. The highest BCUT2D eigenvalue weighted by molar-refractivity contribution is 7.19. The van der Waals surface area contributed by atoms with Crippen LogP contribution in [0.2, 0.25) is 0 Å². The Labute approximate surface area is 127 Å². The molecule has 0 amide bonds. The molecule has 0 unspecified atom stereocenters. The number of hydrogen-bond acceptors (Lipinski definition) is 8. The molecule has 1 heterocycles. The molecule has 0 saturated heterocycles. The molecule has 118 valence electrons. The summed E-state index contributed by atoms with van der Waals surface area (Å²) >= 11 is 1.06. The van der Waals surface area contributed by atoms with E-state index in [1.54, 1.807) is 6.92 Å². The number of nitrogens with two attached hydrogens (primary N) is 1. The third kappa shape index (κ3) is 4.33. The minimum Gasteiger partial charge on any atom is -0.465 e. The van der Waals surface area contributed by atoms with Crippen molar-refractivity contribution in [1.29, 1.82) is 0 Å². The molecular weight excluding hydrogens is 296 g/mol. The zero-order valence-electron chi connectivity index (χ0n) is 12.4. The standard InChI is InChI=1S/C13H20N2O5S/c1-4-19-7-6-15-11-8(12(16)20-5-2)9(14)10(21-11)13(17)18-3/h15H,4-7,14H2,1-3H3. The molecule has 0 spiro atoms. The zero-order chi connectivity index (χ0) is 15.8. The smallest absolute Gasteiger partial charge is 0.350 e. The molecule has 0 aliphatic carbocycles. The van der Waals surface area contributed by atoms with Gasteiger partial charge in [0.2, 0.25) is 0 Å². The van der Waals surface area contributed by atoms with Gasteiger partial charge in [-0.25, -0.2) is 9.59 Å². The molecule has 0 aliphatic rings. The van der Waals surface area contributed by atoms with Crippen LogP contribution in [0, 0.1) is 0 Å². The van der Waals surface area contributed by atoms with Gasteiger partial charge in [0.15, 0.2) is 0 Å². The lowest BCUT2D eigenvalue weighted by molar-refractivity contribution is 0.0529. The van der Waals surface area contributed by atoms with E-state index in [1.807, 2.05) is 6.92 Å². The summed E-state index contributed by atoms with van der Waals surface area (Å²) in [6.07, 6.45) is 0. The van der Waals surface area contributed by atoms with Gasteiger partial charge < -0.3 is 25.3 Å². The molecule has 0 radical (unpaired) electrons. The number of nitrogens with one attached hydrogen (secondary N) is 1. The first-order chi connectivity index (χ1) is 10.1. The predicted molar refractivity (Wildman–Crippen MR) is 81.0 cm³/mol.